The van der Waals surface area contributed by atoms with Gasteiger partial charge < -0.3 is 4.74 Å². The van der Waals surface area contributed by atoms with E-state index in [0.717, 1.165) is 0 Å². The first-order valence-corrected chi connectivity index (χ1v) is 3.62. The molecular formula is C7H7ClF2O3. The van der Waals surface area contributed by atoms with Gasteiger partial charge in [-0.15, -0.1) is 0 Å². The Kier molecular flexibility index (Phi) is 4.55. The van der Waals surface area contributed by atoms with Gasteiger partial charge in [-0.05, 0) is 11.6 Å². The normalized spacial score (nSPS) is 10.7. The van der Waals surface area contributed by atoms with Gasteiger partial charge >= 0.3 is 11.4 Å². The number of ether oxygens (including phenoxy) is 1. The molecule has 0 spiro atoms. The summed E-state index contributed by atoms with van der Waals surface area (Å²) in [5.41, 5.74) is 0. The smallest absolute Gasteiger partial charge is 0.381 e. The molecule has 0 fully saturated rings. The highest BCUT2D eigenvalue weighted by atomic mass is 35.5. The minimum Gasteiger partial charge on any atom is -0.461 e. The monoisotopic (exact) mass is 212 g/mol. The molecule has 0 amide bonds. The quantitative estimate of drug-likeness (QED) is 0.300. The molecule has 0 saturated carbocycles. The largest absolute Gasteiger partial charge is 0.461 e. The third kappa shape index (κ3) is 5.30. The lowest BCUT2D eigenvalue weighted by Gasteiger charge is -2.05. The summed E-state index contributed by atoms with van der Waals surface area (Å²) in [7, 11) is 0. The molecule has 74 valence electrons. The van der Waals surface area contributed by atoms with Gasteiger partial charge in [0.15, 0.2) is 0 Å². The number of carbonyl (C=O) groups excluding carboxylic acids is 2. The average molecular weight is 213 g/mol. The van der Waals surface area contributed by atoms with Gasteiger partial charge in [-0.1, -0.05) is 12.7 Å². The van der Waals surface area contributed by atoms with Crippen molar-refractivity contribution in [1.82, 2.24) is 0 Å². The molecule has 0 unspecified atom stereocenters. The Morgan fingerprint density at radius 3 is 2.46 bits per heavy atom. The van der Waals surface area contributed by atoms with Gasteiger partial charge in [-0.3, -0.25) is 9.59 Å². The van der Waals surface area contributed by atoms with Gasteiger partial charge in [0.25, 0.3) is 0 Å². The number of ketones is 1. The Balaban J connectivity index is 3.93. The summed E-state index contributed by atoms with van der Waals surface area (Å²) in [6.45, 7) is 3.10. The number of rotatable bonds is 5. The summed E-state index contributed by atoms with van der Waals surface area (Å²) in [6.07, 6.45) is 0.214. The second kappa shape index (κ2) is 4.91. The second-order valence-corrected chi connectivity index (χ2v) is 2.54. The number of hydrogen-bond acceptors (Lipinski definition) is 3. The summed E-state index contributed by atoms with van der Waals surface area (Å²) in [4.78, 5) is 21.0. The third-order valence-corrected chi connectivity index (χ3v) is 1.19. The Hall–Kier alpha value is -0.970. The fraction of sp³-hybridized carbons (Fsp3) is 0.429. The van der Waals surface area contributed by atoms with Gasteiger partial charge in [-0.2, -0.15) is 8.78 Å². The molecule has 0 aromatic rings. The van der Waals surface area contributed by atoms with E-state index < -0.39 is 23.6 Å². The lowest BCUT2D eigenvalue weighted by molar-refractivity contribution is -0.148. The van der Waals surface area contributed by atoms with Gasteiger partial charge in [0.1, 0.15) is 13.0 Å². The van der Waals surface area contributed by atoms with E-state index in [2.05, 4.69) is 22.9 Å². The number of Topliss-reactive ketones (excluding diaryl/α,β-unsaturated/α-hetero) is 1. The van der Waals surface area contributed by atoms with Crippen LogP contribution in [-0.4, -0.2) is 23.7 Å². The number of hydrogen-bond donors (Lipinski definition) is 0. The zero-order valence-electron chi connectivity index (χ0n) is 6.56. The summed E-state index contributed by atoms with van der Waals surface area (Å²) in [5, 5.41) is -4.01. The van der Waals surface area contributed by atoms with Gasteiger partial charge in [0, 0.05) is 0 Å². The van der Waals surface area contributed by atoms with Crippen molar-refractivity contribution in [2.45, 2.75) is 11.8 Å². The van der Waals surface area contributed by atoms with E-state index in [9.17, 15) is 18.4 Å². The van der Waals surface area contributed by atoms with E-state index in [4.69, 9.17) is 0 Å². The lowest BCUT2D eigenvalue weighted by atomic mass is 10.3. The van der Waals surface area contributed by atoms with E-state index in [1.165, 1.54) is 6.08 Å². The maximum absolute atomic E-state index is 12.0. The van der Waals surface area contributed by atoms with E-state index in [-0.39, 0.29) is 6.61 Å². The fourth-order valence-corrected chi connectivity index (χ4v) is 0.501. The molecule has 0 aromatic heterocycles. The molecule has 0 aliphatic rings. The van der Waals surface area contributed by atoms with Crippen LogP contribution in [0.5, 0.6) is 0 Å². The van der Waals surface area contributed by atoms with Gasteiger partial charge in [-0.25, -0.2) is 0 Å². The van der Waals surface area contributed by atoms with Crippen LogP contribution in [0, 0.1) is 0 Å². The predicted octanol–water partition coefficient (Wildman–Crippen LogP) is 1.51. The number of esters is 1. The molecule has 0 rings (SSSR count). The molecule has 0 aliphatic heterocycles. The molecule has 6 heteroatoms. The van der Waals surface area contributed by atoms with Crippen molar-refractivity contribution in [3.63, 3.8) is 0 Å². The van der Waals surface area contributed by atoms with Crippen molar-refractivity contribution in [2.24, 2.45) is 0 Å². The highest BCUT2D eigenvalue weighted by Gasteiger charge is 2.36. The van der Waals surface area contributed by atoms with Crippen LogP contribution in [0.3, 0.4) is 0 Å². The van der Waals surface area contributed by atoms with Crippen molar-refractivity contribution in [1.29, 1.82) is 0 Å². The Labute approximate surface area is 78.3 Å². The third-order valence-electron chi connectivity index (χ3n) is 0.983. The highest BCUT2D eigenvalue weighted by Crippen LogP contribution is 2.21. The number of alkyl halides is 3. The summed E-state index contributed by atoms with van der Waals surface area (Å²) in [6, 6.07) is 0. The summed E-state index contributed by atoms with van der Waals surface area (Å²) >= 11 is 4.35. The molecule has 0 heterocycles. The van der Waals surface area contributed by atoms with E-state index in [1.807, 2.05) is 0 Å². The van der Waals surface area contributed by atoms with Gasteiger partial charge in [0.05, 0.1) is 0 Å². The minimum atomic E-state index is -4.01. The topological polar surface area (TPSA) is 43.4 Å². The first-order valence-electron chi connectivity index (χ1n) is 3.24. The average Bonchev–Trinajstić information content (AvgIpc) is 1.99. The van der Waals surface area contributed by atoms with Crippen LogP contribution in [0.15, 0.2) is 12.7 Å². The molecule has 0 atom stereocenters. The fourth-order valence-electron chi connectivity index (χ4n) is 0.434. The molecular weight excluding hydrogens is 206 g/mol. The first kappa shape index (κ1) is 12.0. The lowest BCUT2D eigenvalue weighted by Crippen LogP contribution is -2.25. The minimum absolute atomic E-state index is 0.125. The Bertz CT molecular complexity index is 222. The molecule has 3 nitrogen and oxygen atoms in total. The van der Waals surface area contributed by atoms with Crippen LogP contribution < -0.4 is 0 Å². The predicted molar refractivity (Wildman–Crippen MR) is 41.6 cm³/mol. The maximum atomic E-state index is 12.0. The second-order valence-electron chi connectivity index (χ2n) is 2.07. The zero-order chi connectivity index (χ0) is 10.5. The molecule has 0 aliphatic carbocycles. The highest BCUT2D eigenvalue weighted by molar-refractivity contribution is 6.33. The maximum Gasteiger partial charge on any atom is 0.381 e. The van der Waals surface area contributed by atoms with Crippen LogP contribution in [0.4, 0.5) is 8.78 Å². The Morgan fingerprint density at radius 2 is 2.08 bits per heavy atom. The summed E-state index contributed by atoms with van der Waals surface area (Å²) < 4.78 is 28.3. The van der Waals surface area contributed by atoms with Crippen molar-refractivity contribution in [3.05, 3.63) is 12.7 Å². The molecule has 0 radical (unpaired) electrons. The summed E-state index contributed by atoms with van der Waals surface area (Å²) in [5.74, 6) is -2.73. The van der Waals surface area contributed by atoms with E-state index in [0.29, 0.717) is 0 Å². The zero-order valence-corrected chi connectivity index (χ0v) is 7.31. The first-order chi connectivity index (χ1) is 5.88. The van der Waals surface area contributed by atoms with Crippen molar-refractivity contribution in [2.75, 3.05) is 6.61 Å². The Morgan fingerprint density at radius 1 is 1.54 bits per heavy atom. The van der Waals surface area contributed by atoms with Crippen LogP contribution in [0.25, 0.3) is 0 Å². The van der Waals surface area contributed by atoms with Crippen LogP contribution in [0.2, 0.25) is 0 Å². The molecule has 13 heavy (non-hydrogen) atoms. The molecule has 0 saturated heterocycles. The van der Waals surface area contributed by atoms with Crippen molar-refractivity contribution >= 4 is 23.4 Å². The molecule has 0 aromatic carbocycles. The molecule has 0 bridgehead atoms. The van der Waals surface area contributed by atoms with Gasteiger partial charge in [0.2, 0.25) is 5.78 Å². The van der Waals surface area contributed by atoms with Crippen LogP contribution in [0.1, 0.15) is 6.42 Å². The number of halogens is 3. The number of carbonyl (C=O) groups is 2. The van der Waals surface area contributed by atoms with Crippen molar-refractivity contribution < 1.29 is 23.1 Å². The van der Waals surface area contributed by atoms with E-state index >= 15 is 0 Å². The SMILES string of the molecule is C=CCOC(=O)CC(=O)C(F)(F)Cl. The standard InChI is InChI=1S/C7H7ClF2O3/c1-2-3-13-6(12)4-5(11)7(8,9)10/h2H,1,3-4H2. The molecule has 0 N–H and O–H groups in total. The van der Waals surface area contributed by atoms with E-state index in [1.54, 1.807) is 0 Å². The van der Waals surface area contributed by atoms with Crippen molar-refractivity contribution in [3.8, 4) is 0 Å². The van der Waals surface area contributed by atoms with Crippen LogP contribution >= 0.6 is 11.6 Å². The van der Waals surface area contributed by atoms with Crippen LogP contribution in [-0.2, 0) is 14.3 Å².